The van der Waals surface area contributed by atoms with Gasteiger partial charge in [-0.25, -0.2) is 0 Å². The highest BCUT2D eigenvalue weighted by atomic mass is 16.2. The molecule has 27 heavy (non-hydrogen) atoms. The van der Waals surface area contributed by atoms with Crippen molar-refractivity contribution in [2.75, 3.05) is 19.6 Å². The van der Waals surface area contributed by atoms with E-state index >= 15 is 0 Å². The number of piperidine rings is 2. The molecule has 0 aliphatic carbocycles. The van der Waals surface area contributed by atoms with Crippen LogP contribution in [0.25, 0.3) is 0 Å². The smallest absolute Gasteiger partial charge is 0.255 e. The fraction of sp³-hybridized carbons (Fsp3) is 0.550. The number of imide groups is 1. The number of nitrogens with zero attached hydrogens (tertiary/aromatic N) is 2. The first-order valence-electron chi connectivity index (χ1n) is 9.81. The molecule has 142 valence electrons. The summed E-state index contributed by atoms with van der Waals surface area (Å²) in [5, 5.41) is 5.81. The number of carbonyl (C=O) groups is 3. The lowest BCUT2D eigenvalue weighted by Gasteiger charge is -2.51. The van der Waals surface area contributed by atoms with Crippen molar-refractivity contribution in [1.82, 2.24) is 20.4 Å². The third-order valence-electron chi connectivity index (χ3n) is 6.51. The van der Waals surface area contributed by atoms with Gasteiger partial charge < -0.3 is 10.2 Å². The van der Waals surface area contributed by atoms with E-state index in [1.54, 1.807) is 4.90 Å². The minimum Gasteiger partial charge on any atom is -0.322 e. The molecule has 1 aromatic carbocycles. The van der Waals surface area contributed by atoms with Crippen molar-refractivity contribution in [3.63, 3.8) is 0 Å². The van der Waals surface area contributed by atoms with E-state index in [1.165, 1.54) is 6.42 Å². The van der Waals surface area contributed by atoms with Gasteiger partial charge >= 0.3 is 0 Å². The maximum Gasteiger partial charge on any atom is 0.255 e. The molecule has 7 heteroatoms. The van der Waals surface area contributed by atoms with E-state index in [0.717, 1.165) is 43.2 Å². The lowest BCUT2D eigenvalue weighted by atomic mass is 9.83. The molecule has 2 N–H and O–H groups in total. The second-order valence-electron chi connectivity index (χ2n) is 8.14. The Morgan fingerprint density at radius 2 is 2.04 bits per heavy atom. The number of amides is 3. The molecule has 1 aromatic rings. The number of nitrogens with one attached hydrogen (secondary N) is 2. The van der Waals surface area contributed by atoms with E-state index in [0.29, 0.717) is 24.6 Å². The molecule has 0 saturated carbocycles. The van der Waals surface area contributed by atoms with Crippen molar-refractivity contribution in [3.05, 3.63) is 34.9 Å². The minimum absolute atomic E-state index is 0.0952. The van der Waals surface area contributed by atoms with Gasteiger partial charge in [0.15, 0.2) is 0 Å². The van der Waals surface area contributed by atoms with Gasteiger partial charge in [0.05, 0.1) is 0 Å². The second kappa shape index (κ2) is 6.42. The van der Waals surface area contributed by atoms with E-state index in [9.17, 15) is 14.4 Å². The average Bonchev–Trinajstić information content (AvgIpc) is 2.96. The average molecular weight is 368 g/mol. The van der Waals surface area contributed by atoms with Gasteiger partial charge in [-0.3, -0.25) is 24.6 Å². The molecule has 3 unspecified atom stereocenters. The third kappa shape index (κ3) is 2.85. The number of rotatable bonds is 3. The maximum absolute atomic E-state index is 12.9. The molecule has 0 aromatic heterocycles. The summed E-state index contributed by atoms with van der Waals surface area (Å²) < 4.78 is 0. The van der Waals surface area contributed by atoms with E-state index in [2.05, 4.69) is 21.6 Å². The Balaban J connectivity index is 1.30. The van der Waals surface area contributed by atoms with E-state index in [4.69, 9.17) is 0 Å². The molecule has 0 radical (unpaired) electrons. The number of carbonyl (C=O) groups excluding carboxylic acids is 3. The minimum atomic E-state index is -0.546. The predicted molar refractivity (Wildman–Crippen MR) is 97.7 cm³/mol. The molecule has 3 fully saturated rings. The van der Waals surface area contributed by atoms with Gasteiger partial charge in [0, 0.05) is 44.2 Å². The first kappa shape index (κ1) is 16.9. The lowest BCUT2D eigenvalue weighted by Crippen LogP contribution is -2.62. The summed E-state index contributed by atoms with van der Waals surface area (Å²) in [5.74, 6) is 0.101. The highest BCUT2D eigenvalue weighted by Crippen LogP contribution is 2.33. The van der Waals surface area contributed by atoms with Crippen LogP contribution < -0.4 is 10.6 Å². The summed E-state index contributed by atoms with van der Waals surface area (Å²) in [4.78, 5) is 40.5. The lowest BCUT2D eigenvalue weighted by molar-refractivity contribution is -0.136. The largest absolute Gasteiger partial charge is 0.322 e. The Morgan fingerprint density at radius 3 is 2.85 bits per heavy atom. The van der Waals surface area contributed by atoms with Crippen molar-refractivity contribution in [2.24, 2.45) is 5.92 Å². The van der Waals surface area contributed by atoms with Crippen LogP contribution in [0.4, 0.5) is 0 Å². The molecule has 7 nitrogen and oxygen atoms in total. The monoisotopic (exact) mass is 368 g/mol. The van der Waals surface area contributed by atoms with Crippen molar-refractivity contribution in [3.8, 4) is 0 Å². The fourth-order valence-corrected chi connectivity index (χ4v) is 4.95. The number of likely N-dealkylation sites (tertiary alicyclic amines) is 1. The fourth-order valence-electron chi connectivity index (χ4n) is 4.95. The van der Waals surface area contributed by atoms with Crippen LogP contribution in [0.15, 0.2) is 18.2 Å². The van der Waals surface area contributed by atoms with Gasteiger partial charge in [-0.15, -0.1) is 0 Å². The van der Waals surface area contributed by atoms with E-state index in [1.807, 2.05) is 12.1 Å². The Bertz CT molecular complexity index is 823. The normalized spacial score (nSPS) is 30.6. The van der Waals surface area contributed by atoms with E-state index in [-0.39, 0.29) is 24.1 Å². The molecule has 0 spiro atoms. The Kier molecular flexibility index (Phi) is 4.02. The van der Waals surface area contributed by atoms with Gasteiger partial charge in [-0.05, 0) is 42.5 Å². The van der Waals surface area contributed by atoms with Crippen molar-refractivity contribution in [1.29, 1.82) is 0 Å². The first-order chi connectivity index (χ1) is 13.1. The molecular formula is C20H24N4O3. The molecule has 3 amide bonds. The van der Waals surface area contributed by atoms with Crippen LogP contribution in [0.5, 0.6) is 0 Å². The van der Waals surface area contributed by atoms with Gasteiger partial charge in [-0.1, -0.05) is 12.1 Å². The van der Waals surface area contributed by atoms with E-state index < -0.39 is 6.04 Å². The van der Waals surface area contributed by atoms with Crippen molar-refractivity contribution >= 4 is 17.7 Å². The Hall–Kier alpha value is -2.25. The number of fused-ring (bicyclic) bond motifs is 2. The molecule has 4 heterocycles. The molecule has 0 bridgehead atoms. The van der Waals surface area contributed by atoms with Crippen LogP contribution in [-0.2, 0) is 22.7 Å². The molecule has 5 rings (SSSR count). The summed E-state index contributed by atoms with van der Waals surface area (Å²) >= 11 is 0. The van der Waals surface area contributed by atoms with Crippen LogP contribution in [0, 0.1) is 5.92 Å². The molecule has 4 aliphatic rings. The zero-order valence-electron chi connectivity index (χ0n) is 15.2. The third-order valence-corrected chi connectivity index (χ3v) is 6.51. The van der Waals surface area contributed by atoms with Gasteiger partial charge in [-0.2, -0.15) is 0 Å². The standard InChI is InChI=1S/C20H24N4O3/c25-18-4-3-16(19(26)22-18)24-11-13-2-1-12(7-15(13)20(24)27)9-23-10-14-5-6-21-8-17(14)23/h1-2,7,14,16-17,21H,3-6,8-11H2,(H,22,25,26). The van der Waals surface area contributed by atoms with Crippen LogP contribution in [0.1, 0.15) is 40.7 Å². The Morgan fingerprint density at radius 1 is 1.15 bits per heavy atom. The zero-order valence-corrected chi connectivity index (χ0v) is 15.2. The second-order valence-corrected chi connectivity index (χ2v) is 8.14. The number of benzene rings is 1. The maximum atomic E-state index is 12.9. The summed E-state index contributed by atoms with van der Waals surface area (Å²) in [6.07, 6.45) is 1.94. The first-order valence-corrected chi connectivity index (χ1v) is 9.81. The van der Waals surface area contributed by atoms with Crippen LogP contribution >= 0.6 is 0 Å². The molecule has 3 atom stereocenters. The zero-order chi connectivity index (χ0) is 18.5. The Labute approximate surface area is 158 Å². The SMILES string of the molecule is O=C1CCC(N2Cc3ccc(CN4CC5CCNCC54)cc3C2=O)C(=O)N1. The number of hydrogen-bond donors (Lipinski definition) is 2. The predicted octanol–water partition coefficient (Wildman–Crippen LogP) is 0.241. The van der Waals surface area contributed by atoms with Crippen LogP contribution in [-0.4, -0.2) is 59.2 Å². The summed E-state index contributed by atoms with van der Waals surface area (Å²) in [7, 11) is 0. The summed E-state index contributed by atoms with van der Waals surface area (Å²) in [6.45, 7) is 4.62. The number of hydrogen-bond acceptors (Lipinski definition) is 5. The highest BCUT2D eigenvalue weighted by molar-refractivity contribution is 6.05. The molecular weight excluding hydrogens is 344 g/mol. The van der Waals surface area contributed by atoms with Crippen molar-refractivity contribution in [2.45, 2.75) is 44.4 Å². The van der Waals surface area contributed by atoms with Crippen LogP contribution in [0.3, 0.4) is 0 Å². The molecule has 3 saturated heterocycles. The van der Waals surface area contributed by atoms with Gasteiger partial charge in [0.1, 0.15) is 6.04 Å². The quantitative estimate of drug-likeness (QED) is 0.747. The topological polar surface area (TPSA) is 81.8 Å². The summed E-state index contributed by atoms with van der Waals surface area (Å²) in [6, 6.07) is 6.18. The summed E-state index contributed by atoms with van der Waals surface area (Å²) in [5.41, 5.74) is 2.82. The van der Waals surface area contributed by atoms with Crippen molar-refractivity contribution < 1.29 is 14.4 Å². The van der Waals surface area contributed by atoms with Crippen LogP contribution in [0.2, 0.25) is 0 Å². The van der Waals surface area contributed by atoms with Gasteiger partial charge in [0.25, 0.3) is 5.91 Å². The molecule has 4 aliphatic heterocycles. The highest BCUT2D eigenvalue weighted by Gasteiger charge is 2.41. The van der Waals surface area contributed by atoms with Gasteiger partial charge in [0.2, 0.25) is 11.8 Å².